The number of rotatable bonds is 4. The molecular formula is C16H11F9N4O. The Bertz CT molecular complexity index is 936. The first-order valence-corrected chi connectivity index (χ1v) is 7.72. The smallest absolute Gasteiger partial charge is 0.382 e. The molecule has 1 aromatic heterocycles. The van der Waals surface area contributed by atoms with Gasteiger partial charge in [0, 0.05) is 25.9 Å². The van der Waals surface area contributed by atoms with Crippen molar-refractivity contribution in [2.24, 2.45) is 0 Å². The van der Waals surface area contributed by atoms with Gasteiger partial charge in [0.15, 0.2) is 0 Å². The molecule has 2 rings (SSSR count). The van der Waals surface area contributed by atoms with Gasteiger partial charge < -0.3 is 4.90 Å². The molecule has 0 saturated carbocycles. The number of allylic oxidation sites excluding steroid dienone is 1. The standard InChI is InChI=1S/C16H11F9N4O/c1-28(2)6-11(29-7-26-13(27-29)16(23,24)25)12(30)8-3-9(14(17,18)19)5-10(4-8)15(20,21)22/h3-7H,1-2H3/b11-6-. The third kappa shape index (κ3) is 5.30. The number of halogens is 9. The fourth-order valence-electron chi connectivity index (χ4n) is 2.21. The molecular weight excluding hydrogens is 435 g/mol. The summed E-state index contributed by atoms with van der Waals surface area (Å²) in [6.07, 6.45) is -14.1. The molecule has 1 heterocycles. The van der Waals surface area contributed by atoms with E-state index in [1.807, 2.05) is 0 Å². The number of benzene rings is 1. The predicted octanol–water partition coefficient (Wildman–Crippen LogP) is 4.58. The van der Waals surface area contributed by atoms with Crippen molar-refractivity contribution in [2.75, 3.05) is 14.1 Å². The van der Waals surface area contributed by atoms with Crippen LogP contribution in [0.15, 0.2) is 30.7 Å². The van der Waals surface area contributed by atoms with Gasteiger partial charge in [-0.05, 0) is 18.2 Å². The molecule has 0 radical (unpaired) electrons. The molecule has 30 heavy (non-hydrogen) atoms. The Morgan fingerprint density at radius 2 is 1.40 bits per heavy atom. The predicted molar refractivity (Wildman–Crippen MR) is 83.8 cm³/mol. The van der Waals surface area contributed by atoms with Crippen molar-refractivity contribution in [3.63, 3.8) is 0 Å². The van der Waals surface area contributed by atoms with Crippen LogP contribution < -0.4 is 0 Å². The average Bonchev–Trinajstić information content (AvgIpc) is 3.07. The number of Topliss-reactive ketones (excluding diaryl/α,β-unsaturated/α-hetero) is 1. The van der Waals surface area contributed by atoms with Crippen LogP contribution in [0.4, 0.5) is 39.5 Å². The van der Waals surface area contributed by atoms with E-state index in [9.17, 15) is 44.3 Å². The summed E-state index contributed by atoms with van der Waals surface area (Å²) in [5.41, 5.74) is -5.30. The lowest BCUT2D eigenvalue weighted by Crippen LogP contribution is -2.18. The van der Waals surface area contributed by atoms with Crippen molar-refractivity contribution >= 4 is 11.5 Å². The maximum Gasteiger partial charge on any atom is 0.453 e. The molecule has 0 unspecified atom stereocenters. The van der Waals surface area contributed by atoms with Crippen molar-refractivity contribution in [3.8, 4) is 0 Å². The minimum Gasteiger partial charge on any atom is -0.382 e. The van der Waals surface area contributed by atoms with E-state index < -0.39 is 52.5 Å². The molecule has 0 aliphatic rings. The van der Waals surface area contributed by atoms with Crippen LogP contribution in [0.3, 0.4) is 0 Å². The van der Waals surface area contributed by atoms with Gasteiger partial charge in [0.05, 0.1) is 11.1 Å². The van der Waals surface area contributed by atoms with Crippen LogP contribution in [0, 0.1) is 0 Å². The van der Waals surface area contributed by atoms with Crippen LogP contribution in [0.25, 0.3) is 5.70 Å². The van der Waals surface area contributed by atoms with Crippen LogP contribution in [-0.4, -0.2) is 39.5 Å². The highest BCUT2D eigenvalue weighted by molar-refractivity contribution is 6.24. The molecule has 14 heteroatoms. The van der Waals surface area contributed by atoms with Crippen LogP contribution >= 0.6 is 0 Å². The summed E-state index contributed by atoms with van der Waals surface area (Å²) in [7, 11) is 2.64. The molecule has 0 aliphatic carbocycles. The second-order valence-corrected chi connectivity index (χ2v) is 6.11. The van der Waals surface area contributed by atoms with E-state index in [2.05, 4.69) is 10.1 Å². The Hall–Kier alpha value is -3.06. The highest BCUT2D eigenvalue weighted by Crippen LogP contribution is 2.37. The summed E-state index contributed by atoms with van der Waals surface area (Å²) in [4.78, 5) is 16.8. The SMILES string of the molecule is CN(C)/C=C(/C(=O)c1cc(C(F)(F)F)cc(C(F)(F)F)c1)n1cnc(C(F)(F)F)n1. The Labute approximate surface area is 162 Å². The van der Waals surface area contributed by atoms with Crippen LogP contribution in [0.2, 0.25) is 0 Å². The Morgan fingerprint density at radius 1 is 0.900 bits per heavy atom. The Morgan fingerprint density at radius 3 is 1.77 bits per heavy atom. The molecule has 5 nitrogen and oxygen atoms in total. The van der Waals surface area contributed by atoms with E-state index in [4.69, 9.17) is 0 Å². The first kappa shape index (κ1) is 23.2. The highest BCUT2D eigenvalue weighted by Gasteiger charge is 2.39. The van der Waals surface area contributed by atoms with Gasteiger partial charge >= 0.3 is 18.5 Å². The van der Waals surface area contributed by atoms with Gasteiger partial charge in [-0.3, -0.25) is 4.79 Å². The van der Waals surface area contributed by atoms with Gasteiger partial charge in [-0.15, -0.1) is 5.10 Å². The third-order valence-electron chi connectivity index (χ3n) is 3.46. The number of ketones is 1. The molecule has 2 aromatic rings. The van der Waals surface area contributed by atoms with Gasteiger partial charge in [-0.1, -0.05) is 0 Å². The van der Waals surface area contributed by atoms with Gasteiger partial charge in [0.2, 0.25) is 5.78 Å². The summed E-state index contributed by atoms with van der Waals surface area (Å²) in [5.74, 6) is -3.08. The first-order valence-electron chi connectivity index (χ1n) is 7.72. The fourth-order valence-corrected chi connectivity index (χ4v) is 2.21. The number of hydrogen-bond acceptors (Lipinski definition) is 4. The fraction of sp³-hybridized carbons (Fsp3) is 0.312. The number of aromatic nitrogens is 3. The zero-order valence-corrected chi connectivity index (χ0v) is 15.0. The van der Waals surface area contributed by atoms with Gasteiger partial charge in [0.25, 0.3) is 5.82 Å². The number of nitrogens with zero attached hydrogens (tertiary/aromatic N) is 4. The molecule has 0 spiro atoms. The summed E-state index contributed by atoms with van der Waals surface area (Å²) < 4.78 is 117. The normalized spacial score (nSPS) is 13.5. The highest BCUT2D eigenvalue weighted by atomic mass is 19.4. The Balaban J connectivity index is 2.65. The minimum atomic E-state index is -5.21. The second kappa shape index (κ2) is 7.65. The largest absolute Gasteiger partial charge is 0.453 e. The summed E-state index contributed by atoms with van der Waals surface area (Å²) in [6, 6.07) is 0.161. The number of alkyl halides is 9. The van der Waals surface area contributed by atoms with E-state index in [0.29, 0.717) is 11.0 Å². The topological polar surface area (TPSA) is 51.0 Å². The van der Waals surface area contributed by atoms with E-state index in [-0.39, 0.29) is 18.2 Å². The molecule has 0 amide bonds. The molecule has 0 aliphatic heterocycles. The van der Waals surface area contributed by atoms with Gasteiger partial charge in [-0.2, -0.15) is 39.5 Å². The minimum absolute atomic E-state index is 0.169. The monoisotopic (exact) mass is 446 g/mol. The van der Waals surface area contributed by atoms with Crippen LogP contribution in [-0.2, 0) is 18.5 Å². The molecule has 0 bridgehead atoms. The Kier molecular flexibility index (Phi) is 5.92. The van der Waals surface area contributed by atoms with Crippen LogP contribution in [0.5, 0.6) is 0 Å². The zero-order chi connectivity index (χ0) is 23.1. The quantitative estimate of drug-likeness (QED) is 0.392. The summed E-state index contributed by atoms with van der Waals surface area (Å²) in [5, 5.41) is 3.04. The van der Waals surface area contributed by atoms with Crippen molar-refractivity contribution in [3.05, 3.63) is 53.2 Å². The van der Waals surface area contributed by atoms with Crippen molar-refractivity contribution in [1.82, 2.24) is 19.7 Å². The average molecular weight is 446 g/mol. The lowest BCUT2D eigenvalue weighted by Gasteiger charge is -2.15. The molecule has 0 saturated heterocycles. The lowest BCUT2D eigenvalue weighted by atomic mass is 10.0. The molecule has 0 N–H and O–H groups in total. The van der Waals surface area contributed by atoms with E-state index in [0.717, 1.165) is 11.1 Å². The zero-order valence-electron chi connectivity index (χ0n) is 15.0. The van der Waals surface area contributed by atoms with E-state index in [1.165, 1.54) is 14.1 Å². The van der Waals surface area contributed by atoms with Crippen LogP contribution in [0.1, 0.15) is 27.3 Å². The van der Waals surface area contributed by atoms with Crippen molar-refractivity contribution < 1.29 is 44.3 Å². The second-order valence-electron chi connectivity index (χ2n) is 6.11. The number of carbonyl (C=O) groups is 1. The first-order chi connectivity index (χ1) is 13.5. The van der Waals surface area contributed by atoms with Gasteiger partial charge in [-0.25, -0.2) is 9.67 Å². The van der Waals surface area contributed by atoms with Gasteiger partial charge in [0.1, 0.15) is 12.0 Å². The van der Waals surface area contributed by atoms with Crippen molar-refractivity contribution in [2.45, 2.75) is 18.5 Å². The lowest BCUT2D eigenvalue weighted by molar-refractivity contribution is -0.145. The third-order valence-corrected chi connectivity index (χ3v) is 3.46. The molecule has 164 valence electrons. The van der Waals surface area contributed by atoms with E-state index in [1.54, 1.807) is 0 Å². The molecule has 0 atom stereocenters. The maximum atomic E-state index is 13.0. The number of hydrogen-bond donors (Lipinski definition) is 0. The summed E-state index contributed by atoms with van der Waals surface area (Å²) >= 11 is 0. The van der Waals surface area contributed by atoms with Crippen molar-refractivity contribution in [1.29, 1.82) is 0 Å². The molecule has 1 aromatic carbocycles. The number of carbonyl (C=O) groups excluding carboxylic acids is 1. The summed E-state index contributed by atoms with van der Waals surface area (Å²) in [6.45, 7) is 0. The molecule has 0 fully saturated rings. The maximum absolute atomic E-state index is 13.0. The van der Waals surface area contributed by atoms with E-state index >= 15 is 0 Å².